The molecule has 0 aliphatic rings. The summed E-state index contributed by atoms with van der Waals surface area (Å²) in [5.74, 6) is -0.602. The lowest BCUT2D eigenvalue weighted by Gasteiger charge is -2.12. The Hall–Kier alpha value is -1.10. The van der Waals surface area contributed by atoms with Crippen molar-refractivity contribution >= 4 is 23.2 Å². The molecular weight excluding hydrogens is 290 g/mol. The molecule has 3 nitrogen and oxygen atoms in total. The minimum absolute atomic E-state index is 0.00874. The predicted octanol–water partition coefficient (Wildman–Crippen LogP) is 3.45. The molecule has 102 valence electrons. The van der Waals surface area contributed by atoms with Gasteiger partial charge in [0.25, 0.3) is 0 Å². The summed E-state index contributed by atoms with van der Waals surface area (Å²) in [6.45, 7) is 1.79. The van der Waals surface area contributed by atoms with Crippen LogP contribution in [-0.2, 0) is 13.5 Å². The number of aromatic nitrogens is 2. The first-order valence-corrected chi connectivity index (χ1v) is 6.47. The molecule has 2 rings (SSSR count). The predicted molar refractivity (Wildman–Crippen MR) is 73.0 cm³/mol. The summed E-state index contributed by atoms with van der Waals surface area (Å²) in [6, 6.07) is 4.54. The number of aliphatic hydroxyl groups is 1. The molecule has 1 unspecified atom stereocenters. The van der Waals surface area contributed by atoms with E-state index >= 15 is 0 Å². The third-order valence-corrected chi connectivity index (χ3v) is 3.77. The number of aliphatic hydroxyl groups excluding tert-OH is 1. The molecule has 0 saturated heterocycles. The molecule has 19 heavy (non-hydrogen) atoms. The van der Waals surface area contributed by atoms with E-state index in [1.807, 2.05) is 0 Å². The highest BCUT2D eigenvalue weighted by molar-refractivity contribution is 6.31. The minimum atomic E-state index is -1.01. The van der Waals surface area contributed by atoms with Gasteiger partial charge in [-0.2, -0.15) is 5.10 Å². The largest absolute Gasteiger partial charge is 0.388 e. The fraction of sp³-hybridized carbons (Fsp3) is 0.308. The van der Waals surface area contributed by atoms with E-state index in [9.17, 15) is 9.50 Å². The van der Waals surface area contributed by atoms with Gasteiger partial charge in [-0.1, -0.05) is 35.3 Å². The van der Waals surface area contributed by atoms with Crippen LogP contribution in [0.5, 0.6) is 0 Å². The molecule has 1 atom stereocenters. The number of hydrogen-bond acceptors (Lipinski definition) is 2. The number of nitrogens with zero attached hydrogens (tertiary/aromatic N) is 2. The van der Waals surface area contributed by atoms with E-state index in [0.717, 1.165) is 0 Å². The monoisotopic (exact) mass is 302 g/mol. The molecule has 1 aromatic heterocycles. The van der Waals surface area contributed by atoms with Gasteiger partial charge in [-0.25, -0.2) is 4.39 Å². The van der Waals surface area contributed by atoms with Crippen LogP contribution in [0.3, 0.4) is 0 Å². The van der Waals surface area contributed by atoms with Crippen molar-refractivity contribution in [2.24, 2.45) is 7.05 Å². The van der Waals surface area contributed by atoms with E-state index in [0.29, 0.717) is 16.4 Å². The molecule has 0 aliphatic heterocycles. The van der Waals surface area contributed by atoms with Crippen LogP contribution >= 0.6 is 23.2 Å². The molecule has 1 N–H and O–H groups in total. The fourth-order valence-corrected chi connectivity index (χ4v) is 2.42. The molecule has 0 aliphatic carbocycles. The third-order valence-electron chi connectivity index (χ3n) is 3.01. The molecule has 0 bridgehead atoms. The van der Waals surface area contributed by atoms with Gasteiger partial charge in [0, 0.05) is 24.6 Å². The second-order valence-electron chi connectivity index (χ2n) is 4.34. The Morgan fingerprint density at radius 3 is 2.68 bits per heavy atom. The lowest BCUT2D eigenvalue weighted by molar-refractivity contribution is 0.173. The highest BCUT2D eigenvalue weighted by Crippen LogP contribution is 2.29. The maximum atomic E-state index is 13.8. The number of hydrogen-bond donors (Lipinski definition) is 1. The van der Waals surface area contributed by atoms with Crippen molar-refractivity contribution in [1.82, 2.24) is 9.78 Å². The average molecular weight is 303 g/mol. The van der Waals surface area contributed by atoms with Crippen molar-refractivity contribution in [1.29, 1.82) is 0 Å². The highest BCUT2D eigenvalue weighted by atomic mass is 35.5. The normalized spacial score (nSPS) is 12.7. The van der Waals surface area contributed by atoms with Gasteiger partial charge in [0.15, 0.2) is 0 Å². The second kappa shape index (κ2) is 5.49. The Morgan fingerprint density at radius 2 is 2.11 bits per heavy atom. The van der Waals surface area contributed by atoms with Crippen molar-refractivity contribution < 1.29 is 9.50 Å². The van der Waals surface area contributed by atoms with Gasteiger partial charge in [0.2, 0.25) is 0 Å². The van der Waals surface area contributed by atoms with Crippen LogP contribution in [-0.4, -0.2) is 14.9 Å². The van der Waals surface area contributed by atoms with E-state index in [4.69, 9.17) is 23.2 Å². The summed E-state index contributed by atoms with van der Waals surface area (Å²) in [6.07, 6.45) is -0.824. The maximum absolute atomic E-state index is 13.8. The zero-order valence-electron chi connectivity index (χ0n) is 10.5. The molecule has 2 aromatic rings. The Morgan fingerprint density at radius 1 is 1.42 bits per heavy atom. The quantitative estimate of drug-likeness (QED) is 0.943. The van der Waals surface area contributed by atoms with Crippen LogP contribution in [0.25, 0.3) is 0 Å². The van der Waals surface area contributed by atoms with Gasteiger partial charge in [-0.3, -0.25) is 4.68 Å². The van der Waals surface area contributed by atoms with Gasteiger partial charge in [-0.05, 0) is 13.0 Å². The molecule has 0 fully saturated rings. The minimum Gasteiger partial charge on any atom is -0.388 e. The van der Waals surface area contributed by atoms with Gasteiger partial charge in [-0.15, -0.1) is 0 Å². The van der Waals surface area contributed by atoms with Crippen molar-refractivity contribution in [3.05, 3.63) is 51.0 Å². The van der Waals surface area contributed by atoms with Crippen LogP contribution in [0, 0.1) is 12.7 Å². The SMILES string of the molecule is Cc1nn(C)c(Cl)c1CC(O)c1cccc(Cl)c1F. The standard InChI is InChI=1S/C13H13Cl2FN2O/c1-7-9(13(15)18(2)17-7)6-11(19)8-4-3-5-10(14)12(8)16/h3-5,11,19H,6H2,1-2H3. The molecular formula is C13H13Cl2FN2O. The number of aryl methyl sites for hydroxylation is 2. The van der Waals surface area contributed by atoms with E-state index in [1.54, 1.807) is 20.0 Å². The third kappa shape index (κ3) is 2.76. The molecule has 0 spiro atoms. The van der Waals surface area contributed by atoms with Crippen LogP contribution in [0.2, 0.25) is 10.2 Å². The van der Waals surface area contributed by atoms with Crippen LogP contribution in [0.4, 0.5) is 4.39 Å². The number of rotatable bonds is 3. The lowest BCUT2D eigenvalue weighted by atomic mass is 10.0. The first-order valence-electron chi connectivity index (χ1n) is 5.71. The second-order valence-corrected chi connectivity index (χ2v) is 5.11. The van der Waals surface area contributed by atoms with Crippen LogP contribution in [0.1, 0.15) is 22.9 Å². The van der Waals surface area contributed by atoms with Gasteiger partial charge in [0.05, 0.1) is 16.8 Å². The first-order chi connectivity index (χ1) is 8.91. The van der Waals surface area contributed by atoms with Crippen molar-refractivity contribution in [2.75, 3.05) is 0 Å². The van der Waals surface area contributed by atoms with Crippen molar-refractivity contribution in [2.45, 2.75) is 19.4 Å². The molecule has 0 saturated carbocycles. The van der Waals surface area contributed by atoms with Crippen molar-refractivity contribution in [3.63, 3.8) is 0 Å². The van der Waals surface area contributed by atoms with E-state index in [2.05, 4.69) is 5.10 Å². The Labute approximate surface area is 120 Å². The van der Waals surface area contributed by atoms with Crippen LogP contribution in [0.15, 0.2) is 18.2 Å². The summed E-state index contributed by atoms with van der Waals surface area (Å²) in [7, 11) is 1.71. The molecule has 1 heterocycles. The smallest absolute Gasteiger partial charge is 0.147 e. The summed E-state index contributed by atoms with van der Waals surface area (Å²) in [5, 5.41) is 14.7. The zero-order chi connectivity index (χ0) is 14.2. The van der Waals surface area contributed by atoms with Gasteiger partial charge in [0.1, 0.15) is 11.0 Å². The Bertz CT molecular complexity index is 613. The summed E-state index contributed by atoms with van der Waals surface area (Å²) in [4.78, 5) is 0. The zero-order valence-corrected chi connectivity index (χ0v) is 12.0. The summed E-state index contributed by atoms with van der Waals surface area (Å²) < 4.78 is 15.3. The van der Waals surface area contributed by atoms with E-state index in [1.165, 1.54) is 16.8 Å². The van der Waals surface area contributed by atoms with Crippen LogP contribution < -0.4 is 0 Å². The topological polar surface area (TPSA) is 38.0 Å². The molecule has 6 heteroatoms. The molecule has 0 radical (unpaired) electrons. The fourth-order valence-electron chi connectivity index (χ4n) is 1.99. The maximum Gasteiger partial charge on any atom is 0.147 e. The van der Waals surface area contributed by atoms with E-state index in [-0.39, 0.29) is 17.0 Å². The lowest BCUT2D eigenvalue weighted by Crippen LogP contribution is -2.05. The number of benzene rings is 1. The van der Waals surface area contributed by atoms with Gasteiger partial charge < -0.3 is 5.11 Å². The van der Waals surface area contributed by atoms with Crippen molar-refractivity contribution in [3.8, 4) is 0 Å². The summed E-state index contributed by atoms with van der Waals surface area (Å²) in [5.41, 5.74) is 1.58. The Kier molecular flexibility index (Phi) is 4.13. The van der Waals surface area contributed by atoms with E-state index < -0.39 is 11.9 Å². The average Bonchev–Trinajstić information content (AvgIpc) is 2.59. The highest BCUT2D eigenvalue weighted by Gasteiger charge is 2.20. The van der Waals surface area contributed by atoms with Gasteiger partial charge >= 0.3 is 0 Å². The Balaban J connectivity index is 2.31. The first kappa shape index (κ1) is 14.3. The number of halogens is 3. The molecule has 1 aromatic carbocycles. The summed E-state index contributed by atoms with van der Waals surface area (Å²) >= 11 is 11.8. The molecule has 0 amide bonds.